The lowest BCUT2D eigenvalue weighted by molar-refractivity contribution is 0.128. The zero-order valence-electron chi connectivity index (χ0n) is 10.8. The van der Waals surface area contributed by atoms with Gasteiger partial charge in [-0.05, 0) is 31.4 Å². The molecule has 3 nitrogen and oxygen atoms in total. The lowest BCUT2D eigenvalue weighted by atomic mass is 9.87. The molecule has 1 heterocycles. The van der Waals surface area contributed by atoms with Gasteiger partial charge in [0.15, 0.2) is 0 Å². The van der Waals surface area contributed by atoms with Crippen molar-refractivity contribution in [2.45, 2.75) is 45.7 Å². The van der Waals surface area contributed by atoms with Gasteiger partial charge in [0.25, 0.3) is 0 Å². The lowest BCUT2D eigenvalue weighted by Crippen LogP contribution is -2.34. The molecule has 17 heavy (non-hydrogen) atoms. The first-order chi connectivity index (χ1) is 8.28. The van der Waals surface area contributed by atoms with Gasteiger partial charge in [0.05, 0.1) is 0 Å². The van der Waals surface area contributed by atoms with E-state index in [2.05, 4.69) is 35.3 Å². The Hall–Kier alpha value is -0.800. The molecule has 2 N–H and O–H groups in total. The molecule has 0 aromatic carbocycles. The monoisotopic (exact) mass is 236 g/mol. The zero-order valence-corrected chi connectivity index (χ0v) is 10.8. The van der Waals surface area contributed by atoms with Crippen molar-refractivity contribution < 1.29 is 5.11 Å². The van der Waals surface area contributed by atoms with Crippen LogP contribution in [0.1, 0.15) is 38.2 Å². The van der Waals surface area contributed by atoms with E-state index in [1.807, 2.05) is 0 Å². The molecule has 1 aromatic rings. The molecule has 3 heteroatoms. The average molecular weight is 236 g/mol. The fraction of sp³-hybridized carbons (Fsp3) is 0.714. The smallest absolute Gasteiger partial charge is 0.0499 e. The van der Waals surface area contributed by atoms with E-state index in [0.29, 0.717) is 6.61 Å². The molecule has 0 unspecified atom stereocenters. The molecular formula is C14H24N2O. The largest absolute Gasteiger partial charge is 0.396 e. The summed E-state index contributed by atoms with van der Waals surface area (Å²) < 4.78 is 2.19. The Balaban J connectivity index is 1.78. The molecular weight excluding hydrogens is 212 g/mol. The van der Waals surface area contributed by atoms with Crippen LogP contribution < -0.4 is 5.32 Å². The normalized spacial score (nSPS) is 18.7. The highest BCUT2D eigenvalue weighted by atomic mass is 16.3. The third kappa shape index (κ3) is 3.11. The SMILES string of the molecule is CCn1ccc(CNCC2(CO)CCCC2)c1. The Morgan fingerprint density at radius 1 is 1.41 bits per heavy atom. The molecule has 96 valence electrons. The Bertz CT molecular complexity index is 340. The van der Waals surface area contributed by atoms with Gasteiger partial charge < -0.3 is 15.0 Å². The van der Waals surface area contributed by atoms with Crippen LogP contribution in [0.25, 0.3) is 0 Å². The van der Waals surface area contributed by atoms with Crippen LogP contribution >= 0.6 is 0 Å². The van der Waals surface area contributed by atoms with Gasteiger partial charge in [0.1, 0.15) is 0 Å². The van der Waals surface area contributed by atoms with Gasteiger partial charge >= 0.3 is 0 Å². The van der Waals surface area contributed by atoms with Gasteiger partial charge in [-0.1, -0.05) is 12.8 Å². The molecule has 1 aliphatic carbocycles. The molecule has 0 atom stereocenters. The first kappa shape index (κ1) is 12.7. The molecule has 0 saturated heterocycles. The summed E-state index contributed by atoms with van der Waals surface area (Å²) in [5.74, 6) is 0. The number of rotatable bonds is 6. The van der Waals surface area contributed by atoms with Crippen LogP contribution in [-0.4, -0.2) is 22.8 Å². The van der Waals surface area contributed by atoms with Gasteiger partial charge in [-0.3, -0.25) is 0 Å². The average Bonchev–Trinajstić information content (AvgIpc) is 2.98. The van der Waals surface area contributed by atoms with Crippen molar-refractivity contribution in [3.63, 3.8) is 0 Å². The molecule has 0 amide bonds. The molecule has 0 spiro atoms. The Morgan fingerprint density at radius 2 is 2.18 bits per heavy atom. The van der Waals surface area contributed by atoms with Crippen molar-refractivity contribution in [2.24, 2.45) is 5.41 Å². The van der Waals surface area contributed by atoms with Crippen molar-refractivity contribution in [1.29, 1.82) is 0 Å². The Morgan fingerprint density at radius 3 is 2.76 bits per heavy atom. The van der Waals surface area contributed by atoms with E-state index in [1.54, 1.807) is 0 Å². The number of hydrogen-bond donors (Lipinski definition) is 2. The summed E-state index contributed by atoms with van der Waals surface area (Å²) >= 11 is 0. The van der Waals surface area contributed by atoms with Gasteiger partial charge in [-0.25, -0.2) is 0 Å². The van der Waals surface area contributed by atoms with Crippen molar-refractivity contribution in [3.8, 4) is 0 Å². The molecule has 1 aliphatic rings. The molecule has 2 rings (SSSR count). The summed E-state index contributed by atoms with van der Waals surface area (Å²) in [5, 5.41) is 13.0. The number of aliphatic hydroxyl groups is 1. The molecule has 1 fully saturated rings. The summed E-state index contributed by atoms with van der Waals surface area (Å²) in [5.41, 5.74) is 1.49. The standard InChI is InChI=1S/C14H24N2O/c1-2-16-8-5-13(10-16)9-15-11-14(12-17)6-3-4-7-14/h5,8,10,15,17H,2-4,6-7,9,11-12H2,1H3. The maximum atomic E-state index is 9.51. The Labute approximate surface area is 104 Å². The third-order valence-electron chi connectivity index (χ3n) is 4.01. The summed E-state index contributed by atoms with van der Waals surface area (Å²) in [6, 6.07) is 2.16. The second-order valence-electron chi connectivity index (χ2n) is 5.32. The van der Waals surface area contributed by atoms with Gasteiger partial charge in [0, 0.05) is 44.0 Å². The van der Waals surface area contributed by atoms with Crippen LogP contribution in [-0.2, 0) is 13.1 Å². The summed E-state index contributed by atoms with van der Waals surface area (Å²) in [6.45, 7) is 5.36. The molecule has 1 saturated carbocycles. The first-order valence-corrected chi connectivity index (χ1v) is 6.74. The quantitative estimate of drug-likeness (QED) is 0.794. The fourth-order valence-electron chi connectivity index (χ4n) is 2.78. The highest BCUT2D eigenvalue weighted by Gasteiger charge is 2.32. The van der Waals surface area contributed by atoms with Crippen LogP contribution in [0, 0.1) is 5.41 Å². The second kappa shape index (κ2) is 5.69. The molecule has 0 radical (unpaired) electrons. The lowest BCUT2D eigenvalue weighted by Gasteiger charge is -2.26. The van der Waals surface area contributed by atoms with E-state index >= 15 is 0 Å². The highest BCUT2D eigenvalue weighted by Crippen LogP contribution is 2.36. The Kier molecular flexibility index (Phi) is 4.24. The second-order valence-corrected chi connectivity index (χ2v) is 5.32. The molecule has 1 aromatic heterocycles. The van der Waals surface area contributed by atoms with Gasteiger partial charge in [-0.2, -0.15) is 0 Å². The number of hydrogen-bond acceptors (Lipinski definition) is 2. The van der Waals surface area contributed by atoms with E-state index in [-0.39, 0.29) is 5.41 Å². The molecule has 0 bridgehead atoms. The topological polar surface area (TPSA) is 37.2 Å². The number of aliphatic hydroxyl groups excluding tert-OH is 1. The minimum atomic E-state index is 0.160. The van der Waals surface area contributed by atoms with Crippen LogP contribution in [0.15, 0.2) is 18.5 Å². The summed E-state index contributed by atoms with van der Waals surface area (Å²) in [7, 11) is 0. The fourth-order valence-corrected chi connectivity index (χ4v) is 2.78. The van der Waals surface area contributed by atoms with E-state index < -0.39 is 0 Å². The van der Waals surface area contributed by atoms with E-state index in [4.69, 9.17) is 0 Å². The number of nitrogens with zero attached hydrogens (tertiary/aromatic N) is 1. The predicted octanol–water partition coefficient (Wildman–Crippen LogP) is 2.15. The van der Waals surface area contributed by atoms with Crippen LogP contribution in [0.4, 0.5) is 0 Å². The first-order valence-electron chi connectivity index (χ1n) is 6.74. The number of aromatic nitrogens is 1. The van der Waals surface area contributed by atoms with E-state index in [1.165, 1.54) is 31.2 Å². The predicted molar refractivity (Wildman–Crippen MR) is 69.8 cm³/mol. The van der Waals surface area contributed by atoms with Crippen LogP contribution in [0.5, 0.6) is 0 Å². The van der Waals surface area contributed by atoms with Gasteiger partial charge in [-0.15, -0.1) is 0 Å². The number of nitrogens with one attached hydrogen (secondary N) is 1. The maximum absolute atomic E-state index is 9.51. The van der Waals surface area contributed by atoms with E-state index in [0.717, 1.165) is 19.6 Å². The van der Waals surface area contributed by atoms with Gasteiger partial charge in [0.2, 0.25) is 0 Å². The minimum absolute atomic E-state index is 0.160. The van der Waals surface area contributed by atoms with Crippen LogP contribution in [0.3, 0.4) is 0 Å². The summed E-state index contributed by atoms with van der Waals surface area (Å²) in [6.07, 6.45) is 9.20. The third-order valence-corrected chi connectivity index (χ3v) is 4.01. The molecule has 0 aliphatic heterocycles. The number of aryl methyl sites for hydroxylation is 1. The van der Waals surface area contributed by atoms with Crippen LogP contribution in [0.2, 0.25) is 0 Å². The van der Waals surface area contributed by atoms with E-state index in [9.17, 15) is 5.11 Å². The highest BCUT2D eigenvalue weighted by molar-refractivity contribution is 5.09. The van der Waals surface area contributed by atoms with Crippen molar-refractivity contribution in [2.75, 3.05) is 13.2 Å². The van der Waals surface area contributed by atoms with Crippen molar-refractivity contribution in [1.82, 2.24) is 9.88 Å². The summed E-state index contributed by atoms with van der Waals surface area (Å²) in [4.78, 5) is 0. The minimum Gasteiger partial charge on any atom is -0.396 e. The van der Waals surface area contributed by atoms with Crippen molar-refractivity contribution in [3.05, 3.63) is 24.0 Å². The maximum Gasteiger partial charge on any atom is 0.0499 e. The van der Waals surface area contributed by atoms with Crippen molar-refractivity contribution >= 4 is 0 Å². The zero-order chi connectivity index (χ0) is 12.1.